The molecular weight excluding hydrogens is 266 g/mol. The van der Waals surface area contributed by atoms with Gasteiger partial charge in [0.1, 0.15) is 5.75 Å². The van der Waals surface area contributed by atoms with E-state index >= 15 is 0 Å². The molecule has 0 saturated carbocycles. The monoisotopic (exact) mass is 273 g/mol. The topological polar surface area (TPSA) is 79.1 Å². The number of hydrogen-bond donors (Lipinski definition) is 2. The molecule has 0 radical (unpaired) electrons. The smallest absolute Gasteiger partial charge is 0.341 e. The molecular formula is C9H8BrNO4. The summed E-state index contributed by atoms with van der Waals surface area (Å²) in [5.74, 6) is -0.719. The maximum absolute atomic E-state index is 10.3. The minimum atomic E-state index is -1.06. The molecule has 1 aromatic carbocycles. The number of carbonyl (C=O) groups is 1. The first-order chi connectivity index (χ1) is 7.13. The van der Waals surface area contributed by atoms with Crippen LogP contribution < -0.4 is 4.74 Å². The Kier molecular flexibility index (Phi) is 4.11. The molecule has 0 aliphatic carbocycles. The van der Waals surface area contributed by atoms with E-state index in [4.69, 9.17) is 15.1 Å². The number of rotatable bonds is 4. The average molecular weight is 274 g/mol. The first-order valence-corrected chi connectivity index (χ1v) is 4.74. The van der Waals surface area contributed by atoms with Crippen LogP contribution in [-0.4, -0.2) is 29.1 Å². The van der Waals surface area contributed by atoms with Gasteiger partial charge in [0.15, 0.2) is 6.61 Å². The van der Waals surface area contributed by atoms with Crippen LogP contribution in [0.25, 0.3) is 0 Å². The van der Waals surface area contributed by atoms with Crippen molar-refractivity contribution in [3.05, 3.63) is 28.2 Å². The zero-order valence-electron chi connectivity index (χ0n) is 7.55. The van der Waals surface area contributed by atoms with Crippen LogP contribution in [0.3, 0.4) is 0 Å². The molecule has 15 heavy (non-hydrogen) atoms. The zero-order valence-corrected chi connectivity index (χ0v) is 9.14. The Labute approximate surface area is 94.1 Å². The number of hydrogen-bond acceptors (Lipinski definition) is 4. The molecule has 0 aliphatic heterocycles. The van der Waals surface area contributed by atoms with Gasteiger partial charge in [-0.1, -0.05) is 21.1 Å². The summed E-state index contributed by atoms with van der Waals surface area (Å²) in [5, 5.41) is 19.7. The van der Waals surface area contributed by atoms with Crippen LogP contribution in [0.1, 0.15) is 5.56 Å². The van der Waals surface area contributed by atoms with Gasteiger partial charge < -0.3 is 15.1 Å². The Morgan fingerprint density at radius 1 is 1.60 bits per heavy atom. The van der Waals surface area contributed by atoms with E-state index in [0.717, 1.165) is 4.47 Å². The Hall–Kier alpha value is -1.56. The highest BCUT2D eigenvalue weighted by Crippen LogP contribution is 2.21. The number of ether oxygens (including phenoxy) is 1. The van der Waals surface area contributed by atoms with Crippen molar-refractivity contribution in [1.82, 2.24) is 0 Å². The van der Waals surface area contributed by atoms with Crippen molar-refractivity contribution >= 4 is 28.1 Å². The van der Waals surface area contributed by atoms with Gasteiger partial charge in [0.05, 0.1) is 6.21 Å². The maximum Gasteiger partial charge on any atom is 0.341 e. The fourth-order valence-electron chi connectivity index (χ4n) is 0.953. The van der Waals surface area contributed by atoms with Gasteiger partial charge in [-0.2, -0.15) is 0 Å². The van der Waals surface area contributed by atoms with Gasteiger partial charge in [-0.25, -0.2) is 4.79 Å². The van der Waals surface area contributed by atoms with Crippen molar-refractivity contribution in [3.8, 4) is 5.75 Å². The van der Waals surface area contributed by atoms with Crippen LogP contribution in [0, 0.1) is 0 Å². The lowest BCUT2D eigenvalue weighted by atomic mass is 10.2. The molecule has 0 bridgehead atoms. The number of carboxylic acids is 1. The molecule has 0 aromatic heterocycles. The minimum Gasteiger partial charge on any atom is -0.481 e. The number of carboxylic acid groups (broad SMARTS) is 1. The molecule has 0 spiro atoms. The van der Waals surface area contributed by atoms with E-state index in [1.807, 2.05) is 0 Å². The van der Waals surface area contributed by atoms with E-state index in [2.05, 4.69) is 21.1 Å². The lowest BCUT2D eigenvalue weighted by molar-refractivity contribution is -0.139. The fraction of sp³-hybridized carbons (Fsp3) is 0.111. The highest BCUT2D eigenvalue weighted by molar-refractivity contribution is 9.10. The van der Waals surface area contributed by atoms with Crippen LogP contribution in [0.15, 0.2) is 27.8 Å². The highest BCUT2D eigenvalue weighted by atomic mass is 79.9. The average Bonchev–Trinajstić information content (AvgIpc) is 2.17. The number of aliphatic carboxylic acids is 1. The maximum atomic E-state index is 10.3. The van der Waals surface area contributed by atoms with Crippen LogP contribution >= 0.6 is 15.9 Å². The van der Waals surface area contributed by atoms with Crippen molar-refractivity contribution in [2.24, 2.45) is 5.16 Å². The molecule has 1 rings (SSSR count). The molecule has 5 nitrogen and oxygen atoms in total. The molecule has 6 heteroatoms. The second-order valence-corrected chi connectivity index (χ2v) is 3.52. The van der Waals surface area contributed by atoms with Gasteiger partial charge >= 0.3 is 5.97 Å². The van der Waals surface area contributed by atoms with Crippen molar-refractivity contribution in [2.45, 2.75) is 0 Å². The van der Waals surface area contributed by atoms with Gasteiger partial charge in [0, 0.05) is 10.0 Å². The summed E-state index contributed by atoms with van der Waals surface area (Å²) in [6.07, 6.45) is 1.17. The lowest BCUT2D eigenvalue weighted by Crippen LogP contribution is -2.10. The number of nitrogens with zero attached hydrogens (tertiary/aromatic N) is 1. The summed E-state index contributed by atoms with van der Waals surface area (Å²) in [6.45, 7) is -0.437. The normalized spacial score (nSPS) is 10.5. The summed E-state index contributed by atoms with van der Waals surface area (Å²) in [4.78, 5) is 10.3. The summed E-state index contributed by atoms with van der Waals surface area (Å²) in [7, 11) is 0. The van der Waals surface area contributed by atoms with Gasteiger partial charge in [0.2, 0.25) is 0 Å². The second kappa shape index (κ2) is 5.35. The first-order valence-electron chi connectivity index (χ1n) is 3.95. The molecule has 0 fully saturated rings. The first kappa shape index (κ1) is 11.5. The van der Waals surface area contributed by atoms with Gasteiger partial charge in [-0.15, -0.1) is 0 Å². The summed E-state index contributed by atoms with van der Waals surface area (Å²) in [6, 6.07) is 4.94. The molecule has 1 aromatic rings. The van der Waals surface area contributed by atoms with Crippen molar-refractivity contribution in [2.75, 3.05) is 6.61 Å². The molecule has 80 valence electrons. The lowest BCUT2D eigenvalue weighted by Gasteiger charge is -2.06. The fourth-order valence-corrected chi connectivity index (χ4v) is 1.33. The van der Waals surface area contributed by atoms with Crippen LogP contribution in [0.2, 0.25) is 0 Å². The predicted molar refractivity (Wildman–Crippen MR) is 56.7 cm³/mol. The Morgan fingerprint density at radius 2 is 2.33 bits per heavy atom. The molecule has 2 N–H and O–H groups in total. The van der Waals surface area contributed by atoms with Gasteiger partial charge in [-0.3, -0.25) is 0 Å². The van der Waals surface area contributed by atoms with Crippen molar-refractivity contribution < 1.29 is 19.8 Å². The number of oxime groups is 1. The summed E-state index contributed by atoms with van der Waals surface area (Å²) < 4.78 is 5.76. The second-order valence-electron chi connectivity index (χ2n) is 2.61. The van der Waals surface area contributed by atoms with E-state index < -0.39 is 12.6 Å². The third kappa shape index (κ3) is 3.59. The van der Waals surface area contributed by atoms with Gasteiger partial charge in [-0.05, 0) is 18.2 Å². The third-order valence-corrected chi connectivity index (χ3v) is 2.01. The van der Waals surface area contributed by atoms with Crippen LogP contribution in [0.5, 0.6) is 5.75 Å². The summed E-state index contributed by atoms with van der Waals surface area (Å²) in [5.41, 5.74) is 0.494. The number of benzene rings is 1. The van der Waals surface area contributed by atoms with Crippen molar-refractivity contribution in [3.63, 3.8) is 0 Å². The molecule has 0 heterocycles. The Balaban J connectivity index is 2.90. The largest absolute Gasteiger partial charge is 0.481 e. The predicted octanol–water partition coefficient (Wildman–Crippen LogP) is 1.72. The highest BCUT2D eigenvalue weighted by Gasteiger charge is 2.05. The Bertz CT molecular complexity index is 392. The molecule has 0 aliphatic rings. The van der Waals surface area contributed by atoms with E-state index in [0.29, 0.717) is 11.3 Å². The van der Waals surface area contributed by atoms with Crippen LogP contribution in [-0.2, 0) is 4.79 Å². The SMILES string of the molecule is O=C(O)COc1ccc(Br)cc1C=NO. The quantitative estimate of drug-likeness (QED) is 0.497. The standard InChI is InChI=1S/C9H8BrNO4/c10-7-1-2-8(15-5-9(12)13)6(3-7)4-11-14/h1-4,14H,5H2,(H,12,13). The third-order valence-electron chi connectivity index (χ3n) is 1.52. The van der Waals surface area contributed by atoms with E-state index in [-0.39, 0.29) is 0 Å². The van der Waals surface area contributed by atoms with Crippen LogP contribution in [0.4, 0.5) is 0 Å². The molecule has 0 atom stereocenters. The van der Waals surface area contributed by atoms with E-state index in [1.54, 1.807) is 18.2 Å². The Morgan fingerprint density at radius 3 is 2.93 bits per heavy atom. The van der Waals surface area contributed by atoms with Gasteiger partial charge in [0.25, 0.3) is 0 Å². The molecule has 0 saturated heterocycles. The minimum absolute atomic E-state index is 0.346. The molecule has 0 unspecified atom stereocenters. The van der Waals surface area contributed by atoms with Crippen molar-refractivity contribution in [1.29, 1.82) is 0 Å². The van der Waals surface area contributed by atoms with E-state index in [9.17, 15) is 4.79 Å². The zero-order chi connectivity index (χ0) is 11.3. The summed E-state index contributed by atoms with van der Waals surface area (Å²) >= 11 is 3.23. The molecule has 0 amide bonds. The van der Waals surface area contributed by atoms with E-state index in [1.165, 1.54) is 6.21 Å². The number of halogens is 1.